The van der Waals surface area contributed by atoms with Crippen molar-refractivity contribution in [3.63, 3.8) is 0 Å². The zero-order valence-corrected chi connectivity index (χ0v) is 12.0. The number of amides is 1. The maximum atomic E-state index is 12.7. The SMILES string of the molecule is NC1CCC(C(=O)N(CC2CCCCC2)C2CC2)C1. The summed E-state index contributed by atoms with van der Waals surface area (Å²) in [5, 5.41) is 0. The third-order valence-corrected chi connectivity index (χ3v) is 5.27. The van der Waals surface area contributed by atoms with Gasteiger partial charge >= 0.3 is 0 Å². The molecule has 0 aliphatic heterocycles. The molecule has 3 aliphatic carbocycles. The standard InChI is InChI=1S/C16H28N2O/c17-14-7-6-13(10-14)16(19)18(15-8-9-15)11-12-4-2-1-3-5-12/h12-15H,1-11,17H2. The van der Waals surface area contributed by atoms with Crippen molar-refractivity contribution in [3.05, 3.63) is 0 Å². The predicted octanol–water partition coefficient (Wildman–Crippen LogP) is 2.69. The lowest BCUT2D eigenvalue weighted by Gasteiger charge is -2.31. The van der Waals surface area contributed by atoms with Crippen LogP contribution in [0.5, 0.6) is 0 Å². The normalized spacial score (nSPS) is 32.5. The molecule has 3 saturated carbocycles. The van der Waals surface area contributed by atoms with Crippen molar-refractivity contribution in [2.45, 2.75) is 76.3 Å². The fourth-order valence-corrected chi connectivity index (χ4v) is 3.93. The van der Waals surface area contributed by atoms with E-state index in [0.29, 0.717) is 11.9 Å². The molecule has 3 fully saturated rings. The highest BCUT2D eigenvalue weighted by atomic mass is 16.2. The van der Waals surface area contributed by atoms with Gasteiger partial charge in [0, 0.05) is 24.5 Å². The van der Waals surface area contributed by atoms with E-state index in [1.54, 1.807) is 0 Å². The van der Waals surface area contributed by atoms with Crippen LogP contribution >= 0.6 is 0 Å². The van der Waals surface area contributed by atoms with E-state index >= 15 is 0 Å². The van der Waals surface area contributed by atoms with Crippen molar-refractivity contribution >= 4 is 5.91 Å². The van der Waals surface area contributed by atoms with E-state index < -0.39 is 0 Å². The fourth-order valence-electron chi connectivity index (χ4n) is 3.93. The van der Waals surface area contributed by atoms with Crippen LogP contribution < -0.4 is 5.73 Å². The average molecular weight is 264 g/mol. The van der Waals surface area contributed by atoms with Crippen molar-refractivity contribution in [2.75, 3.05) is 6.54 Å². The Hall–Kier alpha value is -0.570. The van der Waals surface area contributed by atoms with Crippen molar-refractivity contribution in [1.29, 1.82) is 0 Å². The highest BCUT2D eigenvalue weighted by molar-refractivity contribution is 5.80. The molecule has 3 heteroatoms. The van der Waals surface area contributed by atoms with Gasteiger partial charge in [-0.15, -0.1) is 0 Å². The first-order valence-corrected chi connectivity index (χ1v) is 8.30. The number of hydrogen-bond donors (Lipinski definition) is 1. The van der Waals surface area contributed by atoms with E-state index in [2.05, 4.69) is 4.90 Å². The van der Waals surface area contributed by atoms with E-state index in [1.165, 1.54) is 44.9 Å². The number of nitrogens with zero attached hydrogens (tertiary/aromatic N) is 1. The van der Waals surface area contributed by atoms with Crippen LogP contribution in [0.1, 0.15) is 64.2 Å². The van der Waals surface area contributed by atoms with Crippen molar-refractivity contribution in [3.8, 4) is 0 Å². The zero-order valence-electron chi connectivity index (χ0n) is 12.0. The van der Waals surface area contributed by atoms with Gasteiger partial charge in [0.05, 0.1) is 0 Å². The average Bonchev–Trinajstić information content (AvgIpc) is 3.18. The number of nitrogens with two attached hydrogens (primary N) is 1. The number of carbonyl (C=O) groups excluding carboxylic acids is 1. The second-order valence-corrected chi connectivity index (χ2v) is 7.00. The second kappa shape index (κ2) is 5.82. The Morgan fingerprint density at radius 1 is 1.00 bits per heavy atom. The fraction of sp³-hybridized carbons (Fsp3) is 0.938. The minimum Gasteiger partial charge on any atom is -0.339 e. The maximum absolute atomic E-state index is 12.7. The van der Waals surface area contributed by atoms with Crippen molar-refractivity contribution < 1.29 is 4.79 Å². The monoisotopic (exact) mass is 264 g/mol. The van der Waals surface area contributed by atoms with Crippen LogP contribution in [0.4, 0.5) is 0 Å². The van der Waals surface area contributed by atoms with Crippen LogP contribution in [0.2, 0.25) is 0 Å². The molecule has 0 aromatic rings. The molecule has 0 spiro atoms. The predicted molar refractivity (Wildman–Crippen MR) is 76.6 cm³/mol. The lowest BCUT2D eigenvalue weighted by Crippen LogP contribution is -2.41. The third kappa shape index (κ3) is 3.31. The summed E-state index contributed by atoms with van der Waals surface area (Å²) < 4.78 is 0. The summed E-state index contributed by atoms with van der Waals surface area (Å²) in [5.41, 5.74) is 5.97. The van der Waals surface area contributed by atoms with Gasteiger partial charge in [0.2, 0.25) is 5.91 Å². The summed E-state index contributed by atoms with van der Waals surface area (Å²) in [5.74, 6) is 1.44. The van der Waals surface area contributed by atoms with E-state index in [9.17, 15) is 4.79 Å². The molecule has 0 aromatic carbocycles. The first kappa shape index (κ1) is 13.4. The Morgan fingerprint density at radius 3 is 2.32 bits per heavy atom. The highest BCUT2D eigenvalue weighted by Gasteiger charge is 2.38. The molecule has 19 heavy (non-hydrogen) atoms. The van der Waals surface area contributed by atoms with E-state index in [0.717, 1.165) is 31.7 Å². The van der Waals surface area contributed by atoms with Crippen LogP contribution in [-0.2, 0) is 4.79 Å². The second-order valence-electron chi connectivity index (χ2n) is 7.00. The smallest absolute Gasteiger partial charge is 0.225 e. The van der Waals surface area contributed by atoms with Gasteiger partial charge < -0.3 is 10.6 Å². The molecule has 0 bridgehead atoms. The third-order valence-electron chi connectivity index (χ3n) is 5.27. The van der Waals surface area contributed by atoms with Crippen LogP contribution in [0.3, 0.4) is 0 Å². The number of rotatable bonds is 4. The Kier molecular flexibility index (Phi) is 4.11. The topological polar surface area (TPSA) is 46.3 Å². The van der Waals surface area contributed by atoms with Crippen LogP contribution in [0.15, 0.2) is 0 Å². The van der Waals surface area contributed by atoms with Crippen LogP contribution in [0, 0.1) is 11.8 Å². The van der Waals surface area contributed by atoms with Gasteiger partial charge in [0.1, 0.15) is 0 Å². The Morgan fingerprint density at radius 2 is 1.74 bits per heavy atom. The van der Waals surface area contributed by atoms with E-state index in [-0.39, 0.29) is 12.0 Å². The molecule has 108 valence electrons. The number of carbonyl (C=O) groups is 1. The van der Waals surface area contributed by atoms with Gasteiger partial charge in [-0.25, -0.2) is 0 Å². The summed E-state index contributed by atoms with van der Waals surface area (Å²) in [7, 11) is 0. The van der Waals surface area contributed by atoms with Gasteiger partial charge in [-0.2, -0.15) is 0 Å². The molecule has 1 amide bonds. The highest BCUT2D eigenvalue weighted by Crippen LogP contribution is 2.35. The van der Waals surface area contributed by atoms with Gasteiger partial charge in [-0.05, 0) is 50.9 Å². The Bertz CT molecular complexity index is 321. The molecule has 2 N–H and O–H groups in total. The summed E-state index contributed by atoms with van der Waals surface area (Å²) in [4.78, 5) is 15.0. The lowest BCUT2D eigenvalue weighted by molar-refractivity contribution is -0.136. The Balaban J connectivity index is 1.58. The molecule has 0 saturated heterocycles. The summed E-state index contributed by atoms with van der Waals surface area (Å²) >= 11 is 0. The molecule has 3 rings (SSSR count). The minimum atomic E-state index is 0.235. The van der Waals surface area contributed by atoms with Crippen molar-refractivity contribution in [1.82, 2.24) is 4.90 Å². The largest absolute Gasteiger partial charge is 0.339 e. The molecule has 3 nitrogen and oxygen atoms in total. The van der Waals surface area contributed by atoms with Gasteiger partial charge in [-0.1, -0.05) is 19.3 Å². The molecular weight excluding hydrogens is 236 g/mol. The molecule has 0 aromatic heterocycles. The molecule has 0 radical (unpaired) electrons. The zero-order chi connectivity index (χ0) is 13.2. The quantitative estimate of drug-likeness (QED) is 0.848. The Labute approximate surface area is 116 Å². The van der Waals surface area contributed by atoms with E-state index in [4.69, 9.17) is 5.73 Å². The molecular formula is C16H28N2O. The van der Waals surface area contributed by atoms with Gasteiger partial charge in [0.15, 0.2) is 0 Å². The minimum absolute atomic E-state index is 0.235. The summed E-state index contributed by atoms with van der Waals surface area (Å²) in [6.45, 7) is 1.04. The van der Waals surface area contributed by atoms with Gasteiger partial charge in [0.25, 0.3) is 0 Å². The lowest BCUT2D eigenvalue weighted by atomic mass is 9.88. The molecule has 2 unspecified atom stereocenters. The summed E-state index contributed by atoms with van der Waals surface area (Å²) in [6, 6.07) is 0.843. The first-order valence-electron chi connectivity index (χ1n) is 8.30. The van der Waals surface area contributed by atoms with E-state index in [1.807, 2.05) is 0 Å². The molecule has 3 aliphatic rings. The van der Waals surface area contributed by atoms with Crippen LogP contribution in [0.25, 0.3) is 0 Å². The number of hydrogen-bond acceptors (Lipinski definition) is 2. The van der Waals surface area contributed by atoms with Crippen molar-refractivity contribution in [2.24, 2.45) is 17.6 Å². The summed E-state index contributed by atoms with van der Waals surface area (Å²) in [6.07, 6.45) is 12.2. The van der Waals surface area contributed by atoms with Gasteiger partial charge in [-0.3, -0.25) is 4.79 Å². The maximum Gasteiger partial charge on any atom is 0.225 e. The first-order chi connectivity index (χ1) is 9.24. The van der Waals surface area contributed by atoms with Crippen LogP contribution in [-0.4, -0.2) is 29.4 Å². The molecule has 2 atom stereocenters. The molecule has 0 heterocycles.